The van der Waals surface area contributed by atoms with Crippen molar-refractivity contribution in [3.63, 3.8) is 0 Å². The molecule has 0 spiro atoms. The Kier molecular flexibility index (Phi) is 8.71. The predicted molar refractivity (Wildman–Crippen MR) is 167 cm³/mol. The third-order valence-electron chi connectivity index (χ3n) is 9.22. The first-order chi connectivity index (χ1) is 18.9. The topological polar surface area (TPSA) is 149 Å². The fourth-order valence-corrected chi connectivity index (χ4v) is 7.59. The number of azide groups is 1. The number of Topliss-reactive ketones (excluding diaryl/α,β-unsaturated/α-hetero) is 1. The number of hydrogen-bond acceptors (Lipinski definition) is 10. The molecule has 0 N–H and O–H groups in total. The molecule has 3 atom stereocenters. The molecule has 0 unspecified atom stereocenters. The van der Waals surface area contributed by atoms with Gasteiger partial charge < -0.3 is 23.2 Å². The number of fused-ring (bicyclic) bond motifs is 3. The van der Waals surface area contributed by atoms with Gasteiger partial charge in [0.15, 0.2) is 11.5 Å². The van der Waals surface area contributed by atoms with Gasteiger partial charge in [-0.1, -0.05) is 46.7 Å². The molecule has 2 aliphatic heterocycles. The molecule has 0 saturated carbocycles. The Balaban J connectivity index is 2.49. The Labute approximate surface area is 252 Å². The average Bonchev–Trinajstić information content (AvgIpc) is 3.23. The van der Waals surface area contributed by atoms with Crippen molar-refractivity contribution in [2.45, 2.75) is 103 Å². The number of carbonyl (C=O) groups excluding carboxylic acids is 1. The Bertz CT molecular complexity index is 1430. The first kappa shape index (κ1) is 34.2. The number of hydrogen-bond donors (Lipinski definition) is 0. The molecule has 12 nitrogen and oxygen atoms in total. The van der Waals surface area contributed by atoms with Crippen LogP contribution in [0.25, 0.3) is 10.4 Å². The minimum Gasteiger partial charge on any atom is -0.542 e. The van der Waals surface area contributed by atoms with Gasteiger partial charge >= 0.3 is 0 Å². The monoisotopic (exact) mass is 642 g/mol. The lowest BCUT2D eigenvalue weighted by Gasteiger charge is -2.40. The van der Waals surface area contributed by atoms with Crippen LogP contribution >= 0.6 is 0 Å². The van der Waals surface area contributed by atoms with Gasteiger partial charge in [0.05, 0.1) is 24.6 Å². The molecule has 0 aliphatic carbocycles. The molecule has 1 aromatic carbocycles. The summed E-state index contributed by atoms with van der Waals surface area (Å²) >= 11 is 0. The van der Waals surface area contributed by atoms with Crippen LogP contribution in [0.1, 0.15) is 57.5 Å². The lowest BCUT2D eigenvalue weighted by atomic mass is 9.95. The molecular weight excluding hydrogens is 597 g/mol. The van der Waals surface area contributed by atoms with Crippen molar-refractivity contribution >= 4 is 38.2 Å². The van der Waals surface area contributed by atoms with Crippen LogP contribution in [0.4, 0.5) is 5.69 Å². The fourth-order valence-electron chi connectivity index (χ4n) is 4.90. The zero-order valence-electron chi connectivity index (χ0n) is 27.3. The second-order valence-electron chi connectivity index (χ2n) is 14.1. The molecule has 2 heterocycles. The van der Waals surface area contributed by atoms with Crippen molar-refractivity contribution in [2.24, 2.45) is 5.11 Å². The number of ether oxygens (including phenoxy) is 2. The summed E-state index contributed by atoms with van der Waals surface area (Å²) in [6.45, 7) is 22.6. The first-order valence-electron chi connectivity index (χ1n) is 13.8. The quantitative estimate of drug-likeness (QED) is 0.102. The smallest absolute Gasteiger partial charge is 0.264 e. The molecule has 0 bridgehead atoms. The number of rotatable bonds is 9. The second-order valence-corrected chi connectivity index (χ2v) is 25.1. The third kappa shape index (κ3) is 5.43. The number of ketones is 1. The Morgan fingerprint density at radius 1 is 0.976 bits per heavy atom. The molecule has 0 amide bonds. The molecule has 42 heavy (non-hydrogen) atoms. The summed E-state index contributed by atoms with van der Waals surface area (Å²) in [4.78, 5) is 19.3. The lowest BCUT2D eigenvalue weighted by molar-refractivity contribution is -0.00539. The van der Waals surface area contributed by atoms with E-state index < -0.39 is 50.4 Å². The SMILES string of the molecule is COc1c(C)c(O[Si](C)(C)C(C)(C)C)c2c(c1O[Si](C)(C)C(C)(C)C)C(=O)[C@@]1(OC)[C@@H](N=[N+]=[N-])[C@H](OS(C)(=O)=O)CN21. The predicted octanol–water partition coefficient (Wildman–Crippen LogP) is 6.15. The molecule has 1 saturated heterocycles. The van der Waals surface area contributed by atoms with Gasteiger partial charge in [0.2, 0.25) is 11.5 Å². The minimum absolute atomic E-state index is 0.123. The van der Waals surface area contributed by atoms with E-state index in [1.165, 1.54) is 14.2 Å². The van der Waals surface area contributed by atoms with Crippen molar-refractivity contribution in [1.29, 1.82) is 0 Å². The van der Waals surface area contributed by atoms with Crippen LogP contribution < -0.4 is 18.5 Å². The highest BCUT2D eigenvalue weighted by Gasteiger charge is 2.67. The standard InChI is InChI=1S/C27H46N4O8SSi2/c1-16-20(38-41(11,12)25(2,3)4)19-18(22(21(16)35-8)39-42(13,14)26(5,6)7)24(32)27(36-9)23(29-30-28)17(15-31(19)27)37-40(10,33)34/h17,23H,15H2,1-14H3/t17-,23+,27+/m1/s1. The number of nitrogens with zero attached hydrogens (tertiary/aromatic N) is 4. The van der Waals surface area contributed by atoms with Crippen molar-refractivity contribution in [3.05, 3.63) is 21.6 Å². The number of methoxy groups -OCH3 is 2. The Morgan fingerprint density at radius 3 is 1.88 bits per heavy atom. The molecule has 1 aromatic rings. The van der Waals surface area contributed by atoms with E-state index in [4.69, 9.17) is 22.5 Å². The van der Waals surface area contributed by atoms with Crippen LogP contribution in [0.5, 0.6) is 17.2 Å². The maximum Gasteiger partial charge on any atom is 0.264 e. The zero-order chi connectivity index (χ0) is 32.4. The summed E-state index contributed by atoms with van der Waals surface area (Å²) in [5.74, 6) is 0.514. The van der Waals surface area contributed by atoms with Gasteiger partial charge in [-0.05, 0) is 48.7 Å². The van der Waals surface area contributed by atoms with E-state index >= 15 is 0 Å². The summed E-state index contributed by atoms with van der Waals surface area (Å²) in [5, 5.41) is 3.46. The van der Waals surface area contributed by atoms with Gasteiger partial charge in [-0.3, -0.25) is 8.98 Å². The molecular formula is C27H46N4O8SSi2. The van der Waals surface area contributed by atoms with Gasteiger partial charge in [0, 0.05) is 24.1 Å². The highest BCUT2D eigenvalue weighted by atomic mass is 32.2. The van der Waals surface area contributed by atoms with Crippen LogP contribution in [0.3, 0.4) is 0 Å². The van der Waals surface area contributed by atoms with Crippen molar-refractivity contribution in [2.75, 3.05) is 31.9 Å². The molecule has 0 aromatic heterocycles. The van der Waals surface area contributed by atoms with Gasteiger partial charge in [-0.2, -0.15) is 8.42 Å². The third-order valence-corrected chi connectivity index (χ3v) is 18.5. The number of anilines is 1. The largest absolute Gasteiger partial charge is 0.542 e. The molecule has 0 radical (unpaired) electrons. The van der Waals surface area contributed by atoms with Crippen LogP contribution in [-0.4, -0.2) is 75.7 Å². The van der Waals surface area contributed by atoms with E-state index in [9.17, 15) is 18.7 Å². The lowest BCUT2D eigenvalue weighted by Crippen LogP contribution is -2.55. The first-order valence-corrected chi connectivity index (χ1v) is 21.5. The maximum atomic E-state index is 14.8. The van der Waals surface area contributed by atoms with E-state index in [2.05, 4.69) is 77.8 Å². The van der Waals surface area contributed by atoms with Gasteiger partial charge in [-0.15, -0.1) is 0 Å². The summed E-state index contributed by atoms with van der Waals surface area (Å²) in [6, 6.07) is -1.34. The molecule has 3 rings (SSSR count). The second kappa shape index (κ2) is 10.7. The Hall–Kier alpha value is -2.30. The van der Waals surface area contributed by atoms with Crippen molar-refractivity contribution in [1.82, 2.24) is 0 Å². The van der Waals surface area contributed by atoms with E-state index in [0.29, 0.717) is 22.7 Å². The van der Waals surface area contributed by atoms with Crippen LogP contribution in [-0.2, 0) is 19.0 Å². The molecule has 1 fully saturated rings. The summed E-state index contributed by atoms with van der Waals surface area (Å²) in [5.41, 5.74) is 8.80. The normalized spacial score (nSPS) is 22.9. The van der Waals surface area contributed by atoms with Crippen LogP contribution in [0, 0.1) is 6.92 Å². The molecule has 15 heteroatoms. The van der Waals surface area contributed by atoms with Gasteiger partial charge in [0.1, 0.15) is 17.9 Å². The summed E-state index contributed by atoms with van der Waals surface area (Å²) in [7, 11) is -6.19. The maximum absolute atomic E-state index is 14.8. The van der Waals surface area contributed by atoms with Crippen LogP contribution in [0.15, 0.2) is 5.11 Å². The summed E-state index contributed by atoms with van der Waals surface area (Å²) < 4.78 is 55.5. The summed E-state index contributed by atoms with van der Waals surface area (Å²) in [6.07, 6.45) is -0.286. The van der Waals surface area contributed by atoms with E-state index in [1.54, 1.807) is 4.90 Å². The van der Waals surface area contributed by atoms with Crippen molar-refractivity contribution < 1.29 is 35.7 Å². The van der Waals surface area contributed by atoms with E-state index in [-0.39, 0.29) is 27.9 Å². The number of carbonyl (C=O) groups is 1. The molecule has 236 valence electrons. The number of benzene rings is 1. The van der Waals surface area contributed by atoms with Gasteiger partial charge in [-0.25, -0.2) is 0 Å². The van der Waals surface area contributed by atoms with Gasteiger partial charge in [0.25, 0.3) is 26.8 Å². The fraction of sp³-hybridized carbons (Fsp3) is 0.741. The average molecular weight is 643 g/mol. The minimum atomic E-state index is -3.99. The van der Waals surface area contributed by atoms with Crippen LogP contribution in [0.2, 0.25) is 36.3 Å². The highest BCUT2D eigenvalue weighted by Crippen LogP contribution is 2.60. The van der Waals surface area contributed by atoms with Crippen molar-refractivity contribution in [3.8, 4) is 17.2 Å². The Morgan fingerprint density at radius 2 is 1.48 bits per heavy atom. The zero-order valence-corrected chi connectivity index (χ0v) is 30.1. The highest BCUT2D eigenvalue weighted by molar-refractivity contribution is 7.86. The molecule has 2 aliphatic rings. The van der Waals surface area contributed by atoms with E-state index in [1.807, 2.05) is 6.92 Å². The van der Waals surface area contributed by atoms with E-state index in [0.717, 1.165) is 6.26 Å².